The molecule has 1 aromatic heterocycles. The van der Waals surface area contributed by atoms with Crippen molar-refractivity contribution in [3.63, 3.8) is 0 Å². The molecule has 3 N–H and O–H groups in total. The van der Waals surface area contributed by atoms with E-state index in [2.05, 4.69) is 10.4 Å². The molecule has 5 heteroatoms. The molecule has 1 fully saturated rings. The first kappa shape index (κ1) is 11.1. The molecule has 0 spiro atoms. The molecule has 1 aromatic rings. The number of carbonyl (C=O) groups excluding carboxylic acids is 1. The number of nitrogens with zero attached hydrogens (tertiary/aromatic N) is 2. The lowest BCUT2D eigenvalue weighted by Crippen LogP contribution is -2.28. The summed E-state index contributed by atoms with van der Waals surface area (Å²) >= 11 is 0. The van der Waals surface area contributed by atoms with Crippen LogP contribution >= 0.6 is 0 Å². The Bertz CT molecular complexity index is 355. The molecule has 0 radical (unpaired) electrons. The second-order valence-corrected chi connectivity index (χ2v) is 4.30. The summed E-state index contributed by atoms with van der Waals surface area (Å²) in [5, 5.41) is 7.45. The van der Waals surface area contributed by atoms with E-state index >= 15 is 0 Å². The number of hydrogen-bond donors (Lipinski definition) is 2. The highest BCUT2D eigenvalue weighted by atomic mass is 16.1. The Kier molecular flexibility index (Phi) is 3.56. The second kappa shape index (κ2) is 5.12. The standard InChI is InChI=1S/C11H18N4O/c12-11(16)8-13-7-9-5-6-15(14-9)10-3-1-2-4-10/h5-6,10,13H,1-4,7-8H2,(H2,12,16). The molecule has 0 aromatic carbocycles. The van der Waals surface area contributed by atoms with E-state index in [4.69, 9.17) is 5.73 Å². The highest BCUT2D eigenvalue weighted by Gasteiger charge is 2.17. The summed E-state index contributed by atoms with van der Waals surface area (Å²) in [6, 6.07) is 2.57. The minimum Gasteiger partial charge on any atom is -0.369 e. The van der Waals surface area contributed by atoms with Gasteiger partial charge in [-0.2, -0.15) is 5.10 Å². The van der Waals surface area contributed by atoms with Crippen molar-refractivity contribution in [3.8, 4) is 0 Å². The summed E-state index contributed by atoms with van der Waals surface area (Å²) in [5.74, 6) is -0.338. The number of primary amides is 1. The van der Waals surface area contributed by atoms with Crippen LogP contribution in [0.25, 0.3) is 0 Å². The van der Waals surface area contributed by atoms with Crippen LogP contribution in [0.2, 0.25) is 0 Å². The van der Waals surface area contributed by atoms with Crippen LogP contribution < -0.4 is 11.1 Å². The number of aromatic nitrogens is 2. The van der Waals surface area contributed by atoms with Gasteiger partial charge in [-0.3, -0.25) is 9.48 Å². The predicted molar refractivity (Wildman–Crippen MR) is 60.6 cm³/mol. The summed E-state index contributed by atoms with van der Waals surface area (Å²) in [4.78, 5) is 10.5. The number of nitrogens with two attached hydrogens (primary N) is 1. The molecule has 1 aliphatic rings. The van der Waals surface area contributed by atoms with Crippen LogP contribution in [-0.4, -0.2) is 22.2 Å². The van der Waals surface area contributed by atoms with Gasteiger partial charge in [-0.25, -0.2) is 0 Å². The van der Waals surface area contributed by atoms with Crippen LogP contribution in [0.5, 0.6) is 0 Å². The summed E-state index contributed by atoms with van der Waals surface area (Å²) in [7, 11) is 0. The Morgan fingerprint density at radius 3 is 3.00 bits per heavy atom. The highest BCUT2D eigenvalue weighted by Crippen LogP contribution is 2.28. The zero-order valence-electron chi connectivity index (χ0n) is 9.35. The second-order valence-electron chi connectivity index (χ2n) is 4.30. The van der Waals surface area contributed by atoms with Crippen molar-refractivity contribution in [1.29, 1.82) is 0 Å². The third kappa shape index (κ3) is 2.82. The number of carbonyl (C=O) groups is 1. The molecule has 16 heavy (non-hydrogen) atoms. The zero-order chi connectivity index (χ0) is 11.4. The Morgan fingerprint density at radius 2 is 2.31 bits per heavy atom. The lowest BCUT2D eigenvalue weighted by molar-refractivity contribution is -0.117. The average molecular weight is 222 g/mol. The molecule has 1 heterocycles. The largest absolute Gasteiger partial charge is 0.369 e. The maximum absolute atomic E-state index is 10.5. The molecule has 0 saturated heterocycles. The van der Waals surface area contributed by atoms with E-state index in [9.17, 15) is 4.79 Å². The summed E-state index contributed by atoms with van der Waals surface area (Å²) in [6.07, 6.45) is 7.10. The Morgan fingerprint density at radius 1 is 1.56 bits per heavy atom. The smallest absolute Gasteiger partial charge is 0.231 e. The van der Waals surface area contributed by atoms with Crippen molar-refractivity contribution in [1.82, 2.24) is 15.1 Å². The van der Waals surface area contributed by atoms with Crippen molar-refractivity contribution in [2.75, 3.05) is 6.54 Å². The van der Waals surface area contributed by atoms with E-state index in [1.54, 1.807) is 0 Å². The summed E-state index contributed by atoms with van der Waals surface area (Å²) in [5.41, 5.74) is 6.00. The minimum atomic E-state index is -0.338. The van der Waals surface area contributed by atoms with Crippen LogP contribution in [0.15, 0.2) is 12.3 Å². The summed E-state index contributed by atoms with van der Waals surface area (Å²) in [6.45, 7) is 0.805. The van der Waals surface area contributed by atoms with Crippen molar-refractivity contribution in [2.45, 2.75) is 38.3 Å². The third-order valence-electron chi connectivity index (χ3n) is 2.97. The lowest BCUT2D eigenvalue weighted by atomic mass is 10.3. The van der Waals surface area contributed by atoms with Gasteiger partial charge in [0.15, 0.2) is 0 Å². The molecule has 0 unspecified atom stereocenters. The fourth-order valence-corrected chi connectivity index (χ4v) is 2.16. The van der Waals surface area contributed by atoms with Crippen LogP contribution in [-0.2, 0) is 11.3 Å². The van der Waals surface area contributed by atoms with Crippen LogP contribution in [0.1, 0.15) is 37.4 Å². The fourth-order valence-electron chi connectivity index (χ4n) is 2.16. The molecule has 88 valence electrons. The van der Waals surface area contributed by atoms with Crippen LogP contribution in [0.4, 0.5) is 0 Å². The van der Waals surface area contributed by atoms with Gasteiger partial charge in [0.1, 0.15) is 0 Å². The van der Waals surface area contributed by atoms with Gasteiger partial charge < -0.3 is 11.1 Å². The molecular formula is C11H18N4O. The van der Waals surface area contributed by atoms with E-state index in [-0.39, 0.29) is 12.5 Å². The van der Waals surface area contributed by atoms with Crippen molar-refractivity contribution < 1.29 is 4.79 Å². The first-order valence-electron chi connectivity index (χ1n) is 5.79. The zero-order valence-corrected chi connectivity index (χ0v) is 9.35. The molecule has 1 aliphatic carbocycles. The predicted octanol–water partition coefficient (Wildman–Crippen LogP) is 0.573. The van der Waals surface area contributed by atoms with E-state index < -0.39 is 0 Å². The SMILES string of the molecule is NC(=O)CNCc1ccn(C2CCCC2)n1. The third-order valence-corrected chi connectivity index (χ3v) is 2.97. The summed E-state index contributed by atoms with van der Waals surface area (Å²) < 4.78 is 2.05. The van der Waals surface area contributed by atoms with Gasteiger partial charge in [0, 0.05) is 12.7 Å². The molecule has 0 atom stereocenters. The average Bonchev–Trinajstić information content (AvgIpc) is 2.85. The van der Waals surface area contributed by atoms with E-state index in [0.29, 0.717) is 12.6 Å². The van der Waals surface area contributed by atoms with E-state index in [0.717, 1.165) is 5.69 Å². The Labute approximate surface area is 95.0 Å². The molecular weight excluding hydrogens is 204 g/mol. The quantitative estimate of drug-likeness (QED) is 0.765. The van der Waals surface area contributed by atoms with Gasteiger partial charge in [-0.15, -0.1) is 0 Å². The molecule has 0 aliphatic heterocycles. The monoisotopic (exact) mass is 222 g/mol. The van der Waals surface area contributed by atoms with Gasteiger partial charge in [-0.05, 0) is 18.9 Å². The van der Waals surface area contributed by atoms with Gasteiger partial charge in [0.2, 0.25) is 5.91 Å². The molecule has 5 nitrogen and oxygen atoms in total. The van der Waals surface area contributed by atoms with Crippen molar-refractivity contribution in [3.05, 3.63) is 18.0 Å². The normalized spacial score (nSPS) is 16.8. The maximum Gasteiger partial charge on any atom is 0.231 e. The van der Waals surface area contributed by atoms with E-state index in [1.807, 2.05) is 16.9 Å². The maximum atomic E-state index is 10.5. The van der Waals surface area contributed by atoms with Gasteiger partial charge >= 0.3 is 0 Å². The highest BCUT2D eigenvalue weighted by molar-refractivity contribution is 5.75. The number of nitrogens with one attached hydrogen (secondary N) is 1. The Hall–Kier alpha value is -1.36. The molecule has 1 amide bonds. The van der Waals surface area contributed by atoms with Gasteiger partial charge in [0.25, 0.3) is 0 Å². The van der Waals surface area contributed by atoms with Gasteiger partial charge in [0.05, 0.1) is 18.3 Å². The first-order chi connectivity index (χ1) is 7.75. The molecule has 0 bridgehead atoms. The topological polar surface area (TPSA) is 72.9 Å². The van der Waals surface area contributed by atoms with Crippen molar-refractivity contribution in [2.24, 2.45) is 5.73 Å². The molecule has 2 rings (SSSR count). The van der Waals surface area contributed by atoms with Crippen LogP contribution in [0, 0.1) is 0 Å². The fraction of sp³-hybridized carbons (Fsp3) is 0.636. The van der Waals surface area contributed by atoms with Crippen molar-refractivity contribution >= 4 is 5.91 Å². The Balaban J connectivity index is 1.84. The minimum absolute atomic E-state index is 0.205. The number of amides is 1. The number of rotatable bonds is 5. The number of hydrogen-bond acceptors (Lipinski definition) is 3. The van der Waals surface area contributed by atoms with Crippen LogP contribution in [0.3, 0.4) is 0 Å². The molecule has 1 saturated carbocycles. The lowest BCUT2D eigenvalue weighted by Gasteiger charge is -2.08. The van der Waals surface area contributed by atoms with Gasteiger partial charge in [-0.1, -0.05) is 12.8 Å². The van der Waals surface area contributed by atoms with E-state index in [1.165, 1.54) is 25.7 Å². The first-order valence-corrected chi connectivity index (χ1v) is 5.79.